The molecule has 0 saturated carbocycles. The van der Waals surface area contributed by atoms with Gasteiger partial charge in [0.25, 0.3) is 0 Å². The fourth-order valence-electron chi connectivity index (χ4n) is 3.44. The Morgan fingerprint density at radius 1 is 1.14 bits per heavy atom. The van der Waals surface area contributed by atoms with Crippen molar-refractivity contribution < 1.29 is 4.52 Å². The average Bonchev–Trinajstić information content (AvgIpc) is 3.16. The van der Waals surface area contributed by atoms with Crippen LogP contribution < -0.4 is 5.32 Å². The van der Waals surface area contributed by atoms with Crippen molar-refractivity contribution >= 4 is 12.4 Å². The van der Waals surface area contributed by atoms with Crippen molar-refractivity contribution in [3.8, 4) is 11.3 Å². The molecule has 2 fully saturated rings. The van der Waals surface area contributed by atoms with Gasteiger partial charge in [0.05, 0.1) is 5.69 Å². The molecule has 5 heteroatoms. The molecule has 0 radical (unpaired) electrons. The maximum absolute atomic E-state index is 5.47. The molecule has 2 aliphatic heterocycles. The monoisotopic (exact) mass is 305 g/mol. The number of halogens is 1. The number of benzene rings is 1. The molecule has 2 atom stereocenters. The Hall–Kier alpha value is -1.36. The molecule has 0 bridgehead atoms. The summed E-state index contributed by atoms with van der Waals surface area (Å²) in [5, 5.41) is 7.69. The minimum atomic E-state index is 0. The first-order chi connectivity index (χ1) is 9.88. The minimum absolute atomic E-state index is 0. The predicted octanol–water partition coefficient (Wildman–Crippen LogP) is 2.41. The van der Waals surface area contributed by atoms with Crippen LogP contribution in [0.15, 0.2) is 40.9 Å². The molecule has 21 heavy (non-hydrogen) atoms. The van der Waals surface area contributed by atoms with Crippen LogP contribution in [0.5, 0.6) is 0 Å². The zero-order chi connectivity index (χ0) is 13.4. The van der Waals surface area contributed by atoms with Gasteiger partial charge < -0.3 is 9.84 Å². The van der Waals surface area contributed by atoms with E-state index in [4.69, 9.17) is 4.52 Å². The first kappa shape index (κ1) is 14.6. The summed E-state index contributed by atoms with van der Waals surface area (Å²) in [4.78, 5) is 2.50. The van der Waals surface area contributed by atoms with Gasteiger partial charge in [-0.15, -0.1) is 12.4 Å². The lowest BCUT2D eigenvalue weighted by atomic mass is 10.0. The fourth-order valence-corrected chi connectivity index (χ4v) is 3.44. The molecule has 4 rings (SSSR count). The number of likely N-dealkylation sites (tertiary alicyclic amines) is 1. The van der Waals surface area contributed by atoms with Gasteiger partial charge in [-0.3, -0.25) is 4.90 Å². The topological polar surface area (TPSA) is 41.3 Å². The van der Waals surface area contributed by atoms with Crippen LogP contribution in [-0.2, 0) is 6.54 Å². The van der Waals surface area contributed by atoms with Crippen LogP contribution >= 0.6 is 12.4 Å². The Morgan fingerprint density at radius 2 is 1.86 bits per heavy atom. The van der Waals surface area contributed by atoms with E-state index in [-0.39, 0.29) is 12.4 Å². The quantitative estimate of drug-likeness (QED) is 0.945. The van der Waals surface area contributed by atoms with E-state index in [1.165, 1.54) is 26.2 Å². The van der Waals surface area contributed by atoms with E-state index in [0.29, 0.717) is 0 Å². The molecule has 1 N–H and O–H groups in total. The molecule has 2 saturated heterocycles. The lowest BCUT2D eigenvalue weighted by Gasteiger charge is -2.14. The number of hydrogen-bond acceptors (Lipinski definition) is 4. The Bertz CT molecular complexity index is 574. The summed E-state index contributed by atoms with van der Waals surface area (Å²) in [6.45, 7) is 5.63. The highest BCUT2D eigenvalue weighted by Gasteiger charge is 2.36. The molecule has 0 spiro atoms. The fraction of sp³-hybridized carbons (Fsp3) is 0.438. The second kappa shape index (κ2) is 6.18. The Labute approximate surface area is 130 Å². The van der Waals surface area contributed by atoms with Gasteiger partial charge in [0.1, 0.15) is 0 Å². The first-order valence-corrected chi connectivity index (χ1v) is 7.32. The van der Waals surface area contributed by atoms with Crippen LogP contribution in [0.1, 0.15) is 5.69 Å². The number of nitrogens with one attached hydrogen (secondary N) is 1. The van der Waals surface area contributed by atoms with Crippen LogP contribution in [-0.4, -0.2) is 36.2 Å². The number of aromatic nitrogens is 1. The third-order valence-corrected chi connectivity index (χ3v) is 4.47. The molecule has 1 aromatic carbocycles. The van der Waals surface area contributed by atoms with Crippen molar-refractivity contribution in [1.29, 1.82) is 0 Å². The highest BCUT2D eigenvalue weighted by Crippen LogP contribution is 2.28. The summed E-state index contributed by atoms with van der Waals surface area (Å²) in [6, 6.07) is 12.2. The molecule has 2 aliphatic rings. The standard InChI is InChI=1S/C16H19N3O.ClH/c1-2-4-12(5-3-1)16-6-15(18-20-16)11-19-9-13-7-17-8-14(13)10-19;/h1-6,13-14,17H,7-11H2;1H/t13-,14+;. The van der Waals surface area contributed by atoms with Crippen molar-refractivity contribution in [3.63, 3.8) is 0 Å². The predicted molar refractivity (Wildman–Crippen MR) is 84.3 cm³/mol. The van der Waals surface area contributed by atoms with Crippen molar-refractivity contribution in [2.75, 3.05) is 26.2 Å². The summed E-state index contributed by atoms with van der Waals surface area (Å²) in [5.74, 6) is 2.52. The Kier molecular flexibility index (Phi) is 4.29. The van der Waals surface area contributed by atoms with Gasteiger partial charge in [-0.1, -0.05) is 35.5 Å². The van der Waals surface area contributed by atoms with Crippen molar-refractivity contribution in [3.05, 3.63) is 42.1 Å². The van der Waals surface area contributed by atoms with E-state index in [1.807, 2.05) is 18.2 Å². The highest BCUT2D eigenvalue weighted by atomic mass is 35.5. The van der Waals surface area contributed by atoms with Crippen LogP contribution in [0, 0.1) is 11.8 Å². The lowest BCUT2D eigenvalue weighted by molar-refractivity contribution is 0.293. The zero-order valence-electron chi connectivity index (χ0n) is 11.9. The van der Waals surface area contributed by atoms with Crippen LogP contribution in [0.4, 0.5) is 0 Å². The third-order valence-electron chi connectivity index (χ3n) is 4.47. The second-order valence-electron chi connectivity index (χ2n) is 5.92. The van der Waals surface area contributed by atoms with Gasteiger partial charge >= 0.3 is 0 Å². The largest absolute Gasteiger partial charge is 0.356 e. The van der Waals surface area contributed by atoms with E-state index in [0.717, 1.165) is 35.4 Å². The van der Waals surface area contributed by atoms with E-state index in [2.05, 4.69) is 33.6 Å². The van der Waals surface area contributed by atoms with Crippen molar-refractivity contribution in [1.82, 2.24) is 15.4 Å². The summed E-state index contributed by atoms with van der Waals surface area (Å²) >= 11 is 0. The Balaban J connectivity index is 0.00000132. The van der Waals surface area contributed by atoms with Gasteiger partial charge in [-0.25, -0.2) is 0 Å². The van der Waals surface area contributed by atoms with Gasteiger partial charge in [0, 0.05) is 31.3 Å². The van der Waals surface area contributed by atoms with Crippen LogP contribution in [0.25, 0.3) is 11.3 Å². The second-order valence-corrected chi connectivity index (χ2v) is 5.92. The van der Waals surface area contributed by atoms with Gasteiger partial charge in [0.2, 0.25) is 0 Å². The van der Waals surface area contributed by atoms with Crippen molar-refractivity contribution in [2.24, 2.45) is 11.8 Å². The maximum Gasteiger partial charge on any atom is 0.167 e. The molecule has 4 nitrogen and oxygen atoms in total. The van der Waals surface area contributed by atoms with Gasteiger partial charge in [0.15, 0.2) is 5.76 Å². The van der Waals surface area contributed by atoms with Gasteiger partial charge in [-0.2, -0.15) is 0 Å². The summed E-state index contributed by atoms with van der Waals surface area (Å²) in [6.07, 6.45) is 0. The zero-order valence-corrected chi connectivity index (χ0v) is 12.7. The molecule has 2 aromatic rings. The average molecular weight is 306 g/mol. The molecule has 0 unspecified atom stereocenters. The lowest BCUT2D eigenvalue weighted by Crippen LogP contribution is -2.25. The maximum atomic E-state index is 5.47. The molecule has 0 aliphatic carbocycles. The molecule has 0 amide bonds. The van der Waals surface area contributed by atoms with E-state index in [9.17, 15) is 0 Å². The molecule has 112 valence electrons. The summed E-state index contributed by atoms with van der Waals surface area (Å²) < 4.78 is 5.47. The molecular formula is C16H20ClN3O. The number of nitrogens with zero attached hydrogens (tertiary/aromatic N) is 2. The minimum Gasteiger partial charge on any atom is -0.356 e. The SMILES string of the molecule is Cl.c1ccc(-c2cc(CN3C[C@H]4CNC[C@H]4C3)no2)cc1. The van der Waals surface area contributed by atoms with E-state index < -0.39 is 0 Å². The Morgan fingerprint density at radius 3 is 2.57 bits per heavy atom. The van der Waals surface area contributed by atoms with Gasteiger partial charge in [-0.05, 0) is 24.9 Å². The van der Waals surface area contributed by atoms with E-state index >= 15 is 0 Å². The van der Waals surface area contributed by atoms with E-state index in [1.54, 1.807) is 0 Å². The molecule has 3 heterocycles. The number of hydrogen-bond donors (Lipinski definition) is 1. The third kappa shape index (κ3) is 2.98. The normalized spacial score (nSPS) is 24.8. The molecular weight excluding hydrogens is 286 g/mol. The summed E-state index contributed by atoms with van der Waals surface area (Å²) in [7, 11) is 0. The summed E-state index contributed by atoms with van der Waals surface area (Å²) in [5.41, 5.74) is 2.13. The first-order valence-electron chi connectivity index (χ1n) is 7.32. The van der Waals surface area contributed by atoms with Crippen LogP contribution in [0.2, 0.25) is 0 Å². The van der Waals surface area contributed by atoms with Crippen molar-refractivity contribution in [2.45, 2.75) is 6.54 Å². The van der Waals surface area contributed by atoms with Crippen LogP contribution in [0.3, 0.4) is 0 Å². The number of fused-ring (bicyclic) bond motifs is 1. The number of rotatable bonds is 3. The molecule has 1 aromatic heterocycles. The highest BCUT2D eigenvalue weighted by molar-refractivity contribution is 5.85. The smallest absolute Gasteiger partial charge is 0.167 e.